The molecule has 5 nitrogen and oxygen atoms in total. The van der Waals surface area contributed by atoms with E-state index in [9.17, 15) is 4.79 Å². The summed E-state index contributed by atoms with van der Waals surface area (Å²) in [5.41, 5.74) is 2.62. The van der Waals surface area contributed by atoms with E-state index in [1.165, 1.54) is 9.60 Å². The number of quaternary nitrogens is 1. The van der Waals surface area contributed by atoms with Crippen LogP contribution in [0.3, 0.4) is 0 Å². The fraction of sp³-hybridized carbons (Fsp3) is 0.227. The zero-order valence-electron chi connectivity index (χ0n) is 15.5. The average Bonchev–Trinajstić information content (AvgIpc) is 3.15. The number of benzene rings is 2. The van der Waals surface area contributed by atoms with Gasteiger partial charge in [0.15, 0.2) is 0 Å². The molecule has 0 unspecified atom stereocenters. The largest absolute Gasteiger partial charge is 0.328 e. The lowest BCUT2D eigenvalue weighted by atomic mass is 10.1. The molecule has 6 heteroatoms. The van der Waals surface area contributed by atoms with Gasteiger partial charge in [-0.15, -0.1) is 11.3 Å². The highest BCUT2D eigenvalue weighted by Crippen LogP contribution is 2.20. The molecule has 1 aliphatic rings. The first-order valence-electron chi connectivity index (χ1n) is 9.36. The Labute approximate surface area is 168 Å². The number of carbonyl (C=O) groups is 1. The normalized spacial score (nSPS) is 15.2. The van der Waals surface area contributed by atoms with Crippen LogP contribution >= 0.6 is 11.3 Å². The van der Waals surface area contributed by atoms with E-state index in [0.717, 1.165) is 48.8 Å². The second-order valence-corrected chi connectivity index (χ2v) is 8.01. The van der Waals surface area contributed by atoms with E-state index in [0.29, 0.717) is 5.56 Å². The lowest BCUT2D eigenvalue weighted by molar-refractivity contribution is -0.917. The summed E-state index contributed by atoms with van der Waals surface area (Å²) in [6, 6.07) is 17.6. The maximum Gasteiger partial charge on any atom is 0.246 e. The number of nitrogens with zero attached hydrogens (tertiary/aromatic N) is 3. The Morgan fingerprint density at radius 1 is 1.18 bits per heavy atom. The van der Waals surface area contributed by atoms with Crippen molar-refractivity contribution >= 4 is 33.5 Å². The Kier molecular flexibility index (Phi) is 5.47. The van der Waals surface area contributed by atoms with Gasteiger partial charge in [-0.2, -0.15) is 5.26 Å². The quantitative estimate of drug-likeness (QED) is 0.695. The highest BCUT2D eigenvalue weighted by molar-refractivity contribution is 7.18. The van der Waals surface area contributed by atoms with Gasteiger partial charge < -0.3 is 9.80 Å². The van der Waals surface area contributed by atoms with Crippen LogP contribution in [0.2, 0.25) is 0 Å². The highest BCUT2D eigenvalue weighted by atomic mass is 32.1. The van der Waals surface area contributed by atoms with Gasteiger partial charge in [-0.1, -0.05) is 24.3 Å². The van der Waals surface area contributed by atoms with E-state index in [1.807, 2.05) is 35.2 Å². The summed E-state index contributed by atoms with van der Waals surface area (Å²) in [5.74, 6) is 0.0448. The molecule has 2 aromatic carbocycles. The summed E-state index contributed by atoms with van der Waals surface area (Å²) in [4.78, 5) is 20.5. The van der Waals surface area contributed by atoms with Crippen LogP contribution in [-0.4, -0.2) is 42.0 Å². The van der Waals surface area contributed by atoms with Gasteiger partial charge in [-0.25, -0.2) is 4.98 Å². The lowest BCUT2D eigenvalue weighted by Gasteiger charge is -2.31. The molecule has 1 saturated heterocycles. The Morgan fingerprint density at radius 3 is 2.64 bits per heavy atom. The summed E-state index contributed by atoms with van der Waals surface area (Å²) >= 11 is 1.76. The fourth-order valence-corrected chi connectivity index (χ4v) is 4.41. The zero-order chi connectivity index (χ0) is 19.3. The molecule has 0 aliphatic carbocycles. The van der Waals surface area contributed by atoms with Crippen LogP contribution in [0.25, 0.3) is 16.3 Å². The predicted octanol–water partition coefficient (Wildman–Crippen LogP) is 2.11. The molecule has 1 N–H and O–H groups in total. The molecule has 1 fully saturated rings. The highest BCUT2D eigenvalue weighted by Gasteiger charge is 2.23. The monoisotopic (exact) mass is 389 g/mol. The number of piperazine rings is 1. The molecule has 4 rings (SSSR count). The van der Waals surface area contributed by atoms with Crippen LogP contribution < -0.4 is 4.90 Å². The second-order valence-electron chi connectivity index (χ2n) is 6.89. The van der Waals surface area contributed by atoms with Gasteiger partial charge >= 0.3 is 0 Å². The molecule has 1 aliphatic heterocycles. The number of hydrogen-bond acceptors (Lipinski definition) is 4. The number of thiazole rings is 1. The summed E-state index contributed by atoms with van der Waals surface area (Å²) in [6.45, 7) is 4.31. The molecular weight excluding hydrogens is 368 g/mol. The van der Waals surface area contributed by atoms with Gasteiger partial charge in [-0.3, -0.25) is 4.79 Å². The number of hydrogen-bond donors (Lipinski definition) is 1. The molecule has 28 heavy (non-hydrogen) atoms. The van der Waals surface area contributed by atoms with Gasteiger partial charge in [0, 0.05) is 6.08 Å². The van der Waals surface area contributed by atoms with Gasteiger partial charge in [0.2, 0.25) is 5.91 Å². The average molecular weight is 390 g/mol. The molecule has 1 amide bonds. The van der Waals surface area contributed by atoms with Crippen LogP contribution in [0.1, 0.15) is 16.1 Å². The van der Waals surface area contributed by atoms with Crippen molar-refractivity contribution in [1.82, 2.24) is 9.88 Å². The molecule has 2 heterocycles. The van der Waals surface area contributed by atoms with E-state index < -0.39 is 0 Å². The Hall–Kier alpha value is -3.01. The van der Waals surface area contributed by atoms with Gasteiger partial charge in [0.1, 0.15) is 11.6 Å². The maximum atomic E-state index is 12.4. The Morgan fingerprint density at radius 2 is 1.93 bits per heavy atom. The third-order valence-electron chi connectivity index (χ3n) is 4.98. The fourth-order valence-electron chi connectivity index (χ4n) is 3.37. The standard InChI is InChI=1S/C22H20N4OS/c23-15-18-7-5-17(6-8-18)9-10-22(27)26-13-11-25(12-14-26)16-21-24-19-3-1-2-4-20(19)28-21/h1-10H,11-14,16H2/p+1/b10-9+. The topological polar surface area (TPSA) is 61.4 Å². The molecular formula is C22H21N4OS+. The van der Waals surface area contributed by atoms with E-state index in [1.54, 1.807) is 29.5 Å². The van der Waals surface area contributed by atoms with Gasteiger partial charge in [0.25, 0.3) is 0 Å². The van der Waals surface area contributed by atoms with Crippen LogP contribution in [0.5, 0.6) is 0 Å². The predicted molar refractivity (Wildman–Crippen MR) is 111 cm³/mol. The third-order valence-corrected chi connectivity index (χ3v) is 6.02. The summed E-state index contributed by atoms with van der Waals surface area (Å²) in [6.07, 6.45) is 3.43. The van der Waals surface area contributed by atoms with E-state index in [2.05, 4.69) is 18.2 Å². The molecule has 3 aromatic rings. The molecule has 1 aromatic heterocycles. The second kappa shape index (κ2) is 8.34. The van der Waals surface area contributed by atoms with Crippen LogP contribution in [0.15, 0.2) is 54.6 Å². The number of fused-ring (bicyclic) bond motifs is 1. The van der Waals surface area contributed by atoms with Gasteiger partial charge in [0.05, 0.1) is 48.0 Å². The molecule has 0 saturated carbocycles. The first-order chi connectivity index (χ1) is 13.7. The van der Waals surface area contributed by atoms with Crippen molar-refractivity contribution in [3.8, 4) is 6.07 Å². The van der Waals surface area contributed by atoms with E-state index >= 15 is 0 Å². The third kappa shape index (κ3) is 4.28. The van der Waals surface area contributed by atoms with Crippen LogP contribution in [0, 0.1) is 11.3 Å². The van der Waals surface area contributed by atoms with Crippen molar-refractivity contribution < 1.29 is 9.69 Å². The van der Waals surface area contributed by atoms with E-state index in [4.69, 9.17) is 10.2 Å². The van der Waals surface area contributed by atoms with Gasteiger partial charge in [-0.05, 0) is 35.9 Å². The number of nitrogens with one attached hydrogen (secondary N) is 1. The molecule has 0 bridgehead atoms. The van der Waals surface area contributed by atoms with Crippen molar-refractivity contribution in [2.45, 2.75) is 6.54 Å². The first kappa shape index (κ1) is 18.4. The molecule has 140 valence electrons. The number of para-hydroxylation sites is 1. The number of carbonyl (C=O) groups excluding carboxylic acids is 1. The summed E-state index contributed by atoms with van der Waals surface area (Å²) in [5, 5.41) is 10.00. The Balaban J connectivity index is 1.30. The summed E-state index contributed by atoms with van der Waals surface area (Å²) in [7, 11) is 0. The first-order valence-corrected chi connectivity index (χ1v) is 10.2. The van der Waals surface area contributed by atoms with Crippen molar-refractivity contribution in [1.29, 1.82) is 5.26 Å². The van der Waals surface area contributed by atoms with Crippen molar-refractivity contribution in [2.24, 2.45) is 0 Å². The number of aromatic nitrogens is 1. The van der Waals surface area contributed by atoms with Crippen molar-refractivity contribution in [3.63, 3.8) is 0 Å². The number of amides is 1. The molecule has 0 spiro atoms. The number of nitriles is 1. The van der Waals surface area contributed by atoms with Crippen molar-refractivity contribution in [2.75, 3.05) is 26.2 Å². The smallest absolute Gasteiger partial charge is 0.246 e. The minimum absolute atomic E-state index is 0.0448. The van der Waals surface area contributed by atoms with Crippen LogP contribution in [-0.2, 0) is 11.3 Å². The maximum absolute atomic E-state index is 12.4. The minimum atomic E-state index is 0.0448. The van der Waals surface area contributed by atoms with Crippen molar-refractivity contribution in [3.05, 3.63) is 70.7 Å². The summed E-state index contributed by atoms with van der Waals surface area (Å²) < 4.78 is 1.23. The molecule has 0 radical (unpaired) electrons. The Bertz CT molecular complexity index is 1010. The van der Waals surface area contributed by atoms with E-state index in [-0.39, 0.29) is 5.91 Å². The molecule has 0 atom stereocenters. The number of rotatable bonds is 4. The van der Waals surface area contributed by atoms with Crippen LogP contribution in [0.4, 0.5) is 0 Å². The SMILES string of the molecule is N#Cc1ccc(/C=C/C(=O)N2CC[NH+](Cc3nc4ccccc4s3)CC2)cc1. The lowest BCUT2D eigenvalue weighted by Crippen LogP contribution is -3.13. The minimum Gasteiger partial charge on any atom is -0.328 e. The zero-order valence-corrected chi connectivity index (χ0v) is 16.3.